The molecule has 0 aromatic heterocycles. The quantitative estimate of drug-likeness (QED) is 0.698. The summed E-state index contributed by atoms with van der Waals surface area (Å²) in [5, 5.41) is 6.06. The number of carbonyl (C=O) groups excluding carboxylic acids is 1. The van der Waals surface area contributed by atoms with Crippen molar-refractivity contribution < 1.29 is 4.79 Å². The van der Waals surface area contributed by atoms with Crippen LogP contribution in [0.15, 0.2) is 0 Å². The van der Waals surface area contributed by atoms with Crippen LogP contribution in [-0.2, 0) is 4.79 Å². The molecule has 0 saturated carbocycles. The summed E-state index contributed by atoms with van der Waals surface area (Å²) in [5.74, 6) is 0.154. The Labute approximate surface area is 98.8 Å². The lowest BCUT2D eigenvalue weighted by Gasteiger charge is -2.33. The zero-order chi connectivity index (χ0) is 11.8. The molecule has 0 atom stereocenters. The molecule has 1 heterocycles. The van der Waals surface area contributed by atoms with E-state index in [0.29, 0.717) is 6.42 Å². The van der Waals surface area contributed by atoms with Crippen LogP contribution in [-0.4, -0.2) is 50.1 Å². The fourth-order valence-corrected chi connectivity index (χ4v) is 2.34. The predicted molar refractivity (Wildman–Crippen MR) is 66.4 cm³/mol. The van der Waals surface area contributed by atoms with Crippen LogP contribution >= 0.6 is 0 Å². The lowest BCUT2D eigenvalue weighted by Crippen LogP contribution is -2.43. The second-order valence-electron chi connectivity index (χ2n) is 4.39. The van der Waals surface area contributed by atoms with Crippen LogP contribution in [0.3, 0.4) is 0 Å². The summed E-state index contributed by atoms with van der Waals surface area (Å²) in [5.41, 5.74) is 0. The molecule has 0 aliphatic carbocycles. The van der Waals surface area contributed by atoms with Crippen molar-refractivity contribution in [2.75, 3.05) is 33.2 Å². The Bertz CT molecular complexity index is 202. The third-order valence-corrected chi connectivity index (χ3v) is 3.36. The summed E-state index contributed by atoms with van der Waals surface area (Å²) in [4.78, 5) is 13.6. The van der Waals surface area contributed by atoms with E-state index in [1.807, 2.05) is 0 Å². The van der Waals surface area contributed by atoms with Gasteiger partial charge in [0.1, 0.15) is 0 Å². The summed E-state index contributed by atoms with van der Waals surface area (Å²) in [6.45, 7) is 6.63. The normalized spacial score (nSPS) is 17.7. The first-order chi connectivity index (χ1) is 7.77. The van der Waals surface area contributed by atoms with Crippen molar-refractivity contribution in [3.63, 3.8) is 0 Å². The van der Waals surface area contributed by atoms with Crippen LogP contribution in [0.2, 0.25) is 0 Å². The Kier molecular flexibility index (Phi) is 6.42. The van der Waals surface area contributed by atoms with Gasteiger partial charge in [-0.3, -0.25) is 4.79 Å². The Balaban J connectivity index is 2.22. The van der Waals surface area contributed by atoms with Gasteiger partial charge in [-0.15, -0.1) is 0 Å². The number of nitrogens with zero attached hydrogens (tertiary/aromatic N) is 1. The van der Waals surface area contributed by atoms with Crippen molar-refractivity contribution in [2.45, 2.75) is 38.6 Å². The molecule has 1 fully saturated rings. The molecule has 94 valence electrons. The highest BCUT2D eigenvalue weighted by Crippen LogP contribution is 2.12. The van der Waals surface area contributed by atoms with E-state index in [-0.39, 0.29) is 5.91 Å². The van der Waals surface area contributed by atoms with E-state index in [2.05, 4.69) is 22.5 Å². The molecule has 1 amide bonds. The highest BCUT2D eigenvalue weighted by Gasteiger charge is 2.19. The number of amides is 1. The minimum Gasteiger partial charge on any atom is -0.359 e. The van der Waals surface area contributed by atoms with E-state index in [1.165, 1.54) is 12.8 Å². The molecule has 1 saturated heterocycles. The molecular weight excluding hydrogens is 202 g/mol. The van der Waals surface area contributed by atoms with Gasteiger partial charge in [0.05, 0.1) is 0 Å². The van der Waals surface area contributed by atoms with Gasteiger partial charge in [-0.05, 0) is 45.4 Å². The average Bonchev–Trinajstić information content (AvgIpc) is 2.35. The van der Waals surface area contributed by atoms with E-state index in [1.54, 1.807) is 7.05 Å². The Morgan fingerprint density at radius 1 is 1.44 bits per heavy atom. The van der Waals surface area contributed by atoms with Gasteiger partial charge in [0.2, 0.25) is 5.91 Å². The van der Waals surface area contributed by atoms with Crippen LogP contribution in [0, 0.1) is 0 Å². The minimum atomic E-state index is 0.154. The van der Waals surface area contributed by atoms with E-state index in [0.717, 1.165) is 38.6 Å². The zero-order valence-electron chi connectivity index (χ0n) is 10.6. The number of rotatable bonds is 6. The van der Waals surface area contributed by atoms with Gasteiger partial charge in [-0.1, -0.05) is 6.92 Å². The molecule has 0 aromatic rings. The maximum absolute atomic E-state index is 11.1. The molecule has 2 N–H and O–H groups in total. The lowest BCUT2D eigenvalue weighted by atomic mass is 10.0. The largest absolute Gasteiger partial charge is 0.359 e. The predicted octanol–water partition coefficient (Wildman–Crippen LogP) is 0.587. The van der Waals surface area contributed by atoms with Gasteiger partial charge in [0.25, 0.3) is 0 Å². The standard InChI is InChI=1S/C12H25N3O/c1-3-15(10-4-5-12(16)13-2)11-6-8-14-9-7-11/h11,14H,3-10H2,1-2H3,(H,13,16). The fourth-order valence-electron chi connectivity index (χ4n) is 2.34. The van der Waals surface area contributed by atoms with Gasteiger partial charge >= 0.3 is 0 Å². The van der Waals surface area contributed by atoms with Crippen molar-refractivity contribution in [1.29, 1.82) is 0 Å². The summed E-state index contributed by atoms with van der Waals surface area (Å²) < 4.78 is 0. The molecule has 0 bridgehead atoms. The molecule has 1 aliphatic rings. The highest BCUT2D eigenvalue weighted by molar-refractivity contribution is 5.75. The number of hydrogen-bond acceptors (Lipinski definition) is 3. The molecule has 1 aliphatic heterocycles. The highest BCUT2D eigenvalue weighted by atomic mass is 16.1. The minimum absolute atomic E-state index is 0.154. The average molecular weight is 227 g/mol. The number of hydrogen-bond donors (Lipinski definition) is 2. The van der Waals surface area contributed by atoms with Crippen molar-refractivity contribution in [3.8, 4) is 0 Å². The summed E-state index contributed by atoms with van der Waals surface area (Å²) >= 11 is 0. The van der Waals surface area contributed by atoms with E-state index >= 15 is 0 Å². The molecule has 4 nitrogen and oxygen atoms in total. The van der Waals surface area contributed by atoms with Gasteiger partial charge in [0.15, 0.2) is 0 Å². The van der Waals surface area contributed by atoms with Crippen molar-refractivity contribution in [3.05, 3.63) is 0 Å². The summed E-state index contributed by atoms with van der Waals surface area (Å²) in [7, 11) is 1.70. The Hall–Kier alpha value is -0.610. The monoisotopic (exact) mass is 227 g/mol. The topological polar surface area (TPSA) is 44.4 Å². The molecular formula is C12H25N3O. The molecule has 0 unspecified atom stereocenters. The van der Waals surface area contributed by atoms with E-state index in [4.69, 9.17) is 0 Å². The Morgan fingerprint density at radius 3 is 2.69 bits per heavy atom. The summed E-state index contributed by atoms with van der Waals surface area (Å²) in [6, 6.07) is 0.718. The first-order valence-electron chi connectivity index (χ1n) is 6.43. The van der Waals surface area contributed by atoms with Crippen molar-refractivity contribution in [1.82, 2.24) is 15.5 Å². The number of carbonyl (C=O) groups is 1. The van der Waals surface area contributed by atoms with E-state index in [9.17, 15) is 4.79 Å². The maximum atomic E-state index is 11.1. The molecule has 1 rings (SSSR count). The van der Waals surface area contributed by atoms with Crippen LogP contribution in [0.4, 0.5) is 0 Å². The molecule has 0 aromatic carbocycles. The van der Waals surface area contributed by atoms with E-state index < -0.39 is 0 Å². The van der Waals surface area contributed by atoms with Gasteiger partial charge in [-0.2, -0.15) is 0 Å². The van der Waals surface area contributed by atoms with Crippen molar-refractivity contribution >= 4 is 5.91 Å². The van der Waals surface area contributed by atoms with Crippen LogP contribution in [0.25, 0.3) is 0 Å². The van der Waals surface area contributed by atoms with Gasteiger partial charge in [-0.25, -0.2) is 0 Å². The van der Waals surface area contributed by atoms with Crippen LogP contribution in [0.1, 0.15) is 32.6 Å². The second kappa shape index (κ2) is 7.63. The van der Waals surface area contributed by atoms with Gasteiger partial charge in [0, 0.05) is 19.5 Å². The molecule has 4 heteroatoms. The fraction of sp³-hybridized carbons (Fsp3) is 0.917. The number of piperidine rings is 1. The first kappa shape index (κ1) is 13.5. The third kappa shape index (κ3) is 4.49. The van der Waals surface area contributed by atoms with Crippen LogP contribution < -0.4 is 10.6 Å². The van der Waals surface area contributed by atoms with Crippen LogP contribution in [0.5, 0.6) is 0 Å². The molecule has 16 heavy (non-hydrogen) atoms. The SMILES string of the molecule is CCN(CCCC(=O)NC)C1CCNCC1. The second-order valence-corrected chi connectivity index (χ2v) is 4.39. The number of nitrogens with one attached hydrogen (secondary N) is 2. The smallest absolute Gasteiger partial charge is 0.219 e. The lowest BCUT2D eigenvalue weighted by molar-refractivity contribution is -0.120. The Morgan fingerprint density at radius 2 is 2.12 bits per heavy atom. The van der Waals surface area contributed by atoms with Gasteiger partial charge < -0.3 is 15.5 Å². The first-order valence-corrected chi connectivity index (χ1v) is 6.43. The molecule has 0 spiro atoms. The van der Waals surface area contributed by atoms with Crippen molar-refractivity contribution in [2.24, 2.45) is 0 Å². The molecule has 0 radical (unpaired) electrons. The zero-order valence-corrected chi connectivity index (χ0v) is 10.6. The third-order valence-electron chi connectivity index (χ3n) is 3.36. The summed E-state index contributed by atoms with van der Waals surface area (Å²) in [6.07, 6.45) is 4.11. The maximum Gasteiger partial charge on any atom is 0.219 e.